The lowest BCUT2D eigenvalue weighted by Gasteiger charge is -2.15. The molecule has 0 aliphatic carbocycles. The Morgan fingerprint density at radius 2 is 2.00 bits per heavy atom. The molecule has 0 radical (unpaired) electrons. The van der Waals surface area contributed by atoms with Crippen molar-refractivity contribution < 1.29 is 4.42 Å². The molecule has 2 heterocycles. The molecule has 1 atom stereocenters. The van der Waals surface area contributed by atoms with E-state index in [-0.39, 0.29) is 6.04 Å². The highest BCUT2D eigenvalue weighted by atomic mass is 16.3. The van der Waals surface area contributed by atoms with Crippen LogP contribution < -0.4 is 21.5 Å². The van der Waals surface area contributed by atoms with Gasteiger partial charge in [0.05, 0.1) is 12.3 Å². The van der Waals surface area contributed by atoms with Gasteiger partial charge in [0, 0.05) is 14.1 Å². The van der Waals surface area contributed by atoms with E-state index in [1.165, 1.54) is 0 Å². The third-order valence-electron chi connectivity index (χ3n) is 2.47. The van der Waals surface area contributed by atoms with Crippen LogP contribution in [-0.4, -0.2) is 29.0 Å². The zero-order valence-corrected chi connectivity index (χ0v) is 11.1. The highest BCUT2D eigenvalue weighted by Crippen LogP contribution is 2.18. The number of hydrogen-bond acceptors (Lipinski definition) is 8. The van der Waals surface area contributed by atoms with Crippen molar-refractivity contribution in [3.05, 3.63) is 24.2 Å². The maximum Gasteiger partial charge on any atom is 0.243 e. The van der Waals surface area contributed by atoms with E-state index >= 15 is 0 Å². The largest absolute Gasteiger partial charge is 0.467 e. The maximum atomic E-state index is 5.35. The van der Waals surface area contributed by atoms with Crippen LogP contribution in [0.4, 0.5) is 17.8 Å². The highest BCUT2D eigenvalue weighted by molar-refractivity contribution is 5.43. The third-order valence-corrected chi connectivity index (χ3v) is 2.47. The minimum atomic E-state index is -0.0574. The molecule has 0 saturated heterocycles. The smallest absolute Gasteiger partial charge is 0.243 e. The van der Waals surface area contributed by atoms with Crippen molar-refractivity contribution in [2.24, 2.45) is 5.84 Å². The minimum Gasteiger partial charge on any atom is -0.467 e. The van der Waals surface area contributed by atoms with Crippen molar-refractivity contribution in [3.8, 4) is 0 Å². The van der Waals surface area contributed by atoms with E-state index in [0.717, 1.165) is 5.76 Å². The first-order valence-corrected chi connectivity index (χ1v) is 5.80. The molecule has 0 fully saturated rings. The molecule has 0 saturated carbocycles. The number of nitrogen functional groups attached to an aromatic ring is 1. The van der Waals surface area contributed by atoms with Gasteiger partial charge in [-0.3, -0.25) is 5.43 Å². The fraction of sp³-hybridized carbons (Fsp3) is 0.364. The molecule has 0 amide bonds. The maximum absolute atomic E-state index is 5.35. The molecule has 0 bridgehead atoms. The van der Waals surface area contributed by atoms with E-state index in [4.69, 9.17) is 10.3 Å². The van der Waals surface area contributed by atoms with Gasteiger partial charge in [0.15, 0.2) is 0 Å². The second-order valence-corrected chi connectivity index (χ2v) is 4.20. The third kappa shape index (κ3) is 3.10. The van der Waals surface area contributed by atoms with Crippen LogP contribution in [0.3, 0.4) is 0 Å². The number of hydrazine groups is 1. The number of furan rings is 1. The molecule has 0 aliphatic heterocycles. The fourth-order valence-corrected chi connectivity index (χ4v) is 1.50. The van der Waals surface area contributed by atoms with Crippen molar-refractivity contribution in [2.75, 3.05) is 29.7 Å². The van der Waals surface area contributed by atoms with Gasteiger partial charge < -0.3 is 14.6 Å². The normalized spacial score (nSPS) is 12.0. The summed E-state index contributed by atoms with van der Waals surface area (Å²) in [5.41, 5.74) is 2.42. The van der Waals surface area contributed by atoms with Gasteiger partial charge in [-0.1, -0.05) is 0 Å². The lowest BCUT2D eigenvalue weighted by molar-refractivity contribution is 0.489. The molecule has 0 aromatic carbocycles. The van der Waals surface area contributed by atoms with Crippen LogP contribution in [-0.2, 0) is 0 Å². The lowest BCUT2D eigenvalue weighted by atomic mass is 10.2. The Bertz CT molecular complexity index is 526. The summed E-state index contributed by atoms with van der Waals surface area (Å²) < 4.78 is 5.32. The number of aromatic nitrogens is 3. The second-order valence-electron chi connectivity index (χ2n) is 4.20. The van der Waals surface area contributed by atoms with Crippen molar-refractivity contribution in [1.29, 1.82) is 0 Å². The van der Waals surface area contributed by atoms with Gasteiger partial charge in [-0.05, 0) is 19.1 Å². The average Bonchev–Trinajstić information content (AvgIpc) is 2.92. The van der Waals surface area contributed by atoms with E-state index in [1.807, 2.05) is 33.2 Å². The SMILES string of the molecule is CC(Nc1nc(NN)nc(N(C)C)n1)c1ccco1. The Kier molecular flexibility index (Phi) is 3.81. The van der Waals surface area contributed by atoms with Crippen LogP contribution in [0.25, 0.3) is 0 Å². The number of anilines is 3. The minimum absolute atomic E-state index is 0.0574. The summed E-state index contributed by atoms with van der Waals surface area (Å²) in [5.74, 6) is 7.38. The zero-order chi connectivity index (χ0) is 13.8. The van der Waals surface area contributed by atoms with E-state index in [1.54, 1.807) is 11.2 Å². The van der Waals surface area contributed by atoms with Crippen LogP contribution in [0.15, 0.2) is 22.8 Å². The van der Waals surface area contributed by atoms with Crippen molar-refractivity contribution in [3.63, 3.8) is 0 Å². The predicted molar refractivity (Wildman–Crippen MR) is 72.7 cm³/mol. The van der Waals surface area contributed by atoms with Gasteiger partial charge >= 0.3 is 0 Å². The van der Waals surface area contributed by atoms with Crippen LogP contribution in [0.1, 0.15) is 18.7 Å². The van der Waals surface area contributed by atoms with Crippen LogP contribution in [0.5, 0.6) is 0 Å². The average molecular weight is 263 g/mol. The quantitative estimate of drug-likeness (QED) is 0.541. The summed E-state index contributed by atoms with van der Waals surface area (Å²) >= 11 is 0. The van der Waals surface area contributed by atoms with Gasteiger partial charge in [-0.15, -0.1) is 0 Å². The van der Waals surface area contributed by atoms with Crippen LogP contribution in [0, 0.1) is 0 Å². The fourth-order valence-electron chi connectivity index (χ4n) is 1.50. The molecule has 102 valence electrons. The predicted octanol–water partition coefficient (Wildman–Crippen LogP) is 0.989. The van der Waals surface area contributed by atoms with Gasteiger partial charge in [-0.25, -0.2) is 5.84 Å². The number of nitrogens with zero attached hydrogens (tertiary/aromatic N) is 4. The molecule has 19 heavy (non-hydrogen) atoms. The zero-order valence-electron chi connectivity index (χ0n) is 11.1. The van der Waals surface area contributed by atoms with E-state index in [9.17, 15) is 0 Å². The van der Waals surface area contributed by atoms with Gasteiger partial charge in [-0.2, -0.15) is 15.0 Å². The molecule has 0 spiro atoms. The molecular weight excluding hydrogens is 246 g/mol. The summed E-state index contributed by atoms with van der Waals surface area (Å²) in [5, 5.41) is 3.14. The molecule has 0 aliphatic rings. The molecule has 4 N–H and O–H groups in total. The molecule has 8 nitrogen and oxygen atoms in total. The van der Waals surface area contributed by atoms with Gasteiger partial charge in [0.25, 0.3) is 0 Å². The number of rotatable bonds is 5. The van der Waals surface area contributed by atoms with E-state index < -0.39 is 0 Å². The topological polar surface area (TPSA) is 105 Å². The standard InChI is InChI=1S/C11H17N7O/c1-7(8-5-4-6-19-8)13-9-14-10(17-12)16-11(15-9)18(2)3/h4-7H,12H2,1-3H3,(H2,13,14,15,16,17). The summed E-state index contributed by atoms with van der Waals surface area (Å²) in [4.78, 5) is 14.3. The first-order chi connectivity index (χ1) is 9.10. The van der Waals surface area contributed by atoms with E-state index in [0.29, 0.717) is 17.8 Å². The Balaban J connectivity index is 2.21. The summed E-state index contributed by atoms with van der Waals surface area (Å²) in [6.45, 7) is 1.95. The molecular formula is C11H17N7O. The Morgan fingerprint density at radius 3 is 2.58 bits per heavy atom. The van der Waals surface area contributed by atoms with Crippen molar-refractivity contribution in [1.82, 2.24) is 15.0 Å². The van der Waals surface area contributed by atoms with Crippen LogP contribution in [0.2, 0.25) is 0 Å². The first-order valence-electron chi connectivity index (χ1n) is 5.80. The van der Waals surface area contributed by atoms with Crippen LogP contribution >= 0.6 is 0 Å². The Hall–Kier alpha value is -2.35. The van der Waals surface area contributed by atoms with E-state index in [2.05, 4.69) is 25.7 Å². The molecule has 2 aromatic heterocycles. The monoisotopic (exact) mass is 263 g/mol. The molecule has 2 aromatic rings. The number of nitrogens with one attached hydrogen (secondary N) is 2. The Morgan fingerprint density at radius 1 is 1.26 bits per heavy atom. The van der Waals surface area contributed by atoms with Crippen molar-refractivity contribution in [2.45, 2.75) is 13.0 Å². The number of nitrogens with two attached hydrogens (primary N) is 1. The second kappa shape index (κ2) is 5.53. The summed E-state index contributed by atoms with van der Waals surface area (Å²) in [7, 11) is 3.69. The highest BCUT2D eigenvalue weighted by Gasteiger charge is 2.12. The van der Waals surface area contributed by atoms with Gasteiger partial charge in [0.2, 0.25) is 17.8 Å². The number of hydrogen-bond donors (Lipinski definition) is 3. The first kappa shape index (κ1) is 13.1. The molecule has 8 heteroatoms. The summed E-state index contributed by atoms with van der Waals surface area (Å²) in [6.07, 6.45) is 1.62. The Labute approximate surface area is 111 Å². The molecule has 1 unspecified atom stereocenters. The summed E-state index contributed by atoms with van der Waals surface area (Å²) in [6, 6.07) is 3.66. The van der Waals surface area contributed by atoms with Crippen molar-refractivity contribution >= 4 is 17.8 Å². The lowest BCUT2D eigenvalue weighted by Crippen LogP contribution is -2.19. The van der Waals surface area contributed by atoms with Gasteiger partial charge in [0.1, 0.15) is 5.76 Å². The molecule has 2 rings (SSSR count).